The summed E-state index contributed by atoms with van der Waals surface area (Å²) in [5.41, 5.74) is 3.77. The van der Waals surface area contributed by atoms with Gasteiger partial charge in [0, 0.05) is 17.8 Å². The van der Waals surface area contributed by atoms with Crippen molar-refractivity contribution in [2.45, 2.75) is 38.5 Å². The molecule has 3 aromatic carbocycles. The number of ether oxygens (including phenoxy) is 2. The summed E-state index contributed by atoms with van der Waals surface area (Å²) in [6.07, 6.45) is 0.924. The van der Waals surface area contributed by atoms with Gasteiger partial charge >= 0.3 is 6.09 Å². The van der Waals surface area contributed by atoms with E-state index in [1.807, 2.05) is 31.2 Å². The summed E-state index contributed by atoms with van der Waals surface area (Å²) in [5.74, 6) is 0.603. The second-order valence-corrected chi connectivity index (χ2v) is 9.86. The molecule has 3 amide bonds. The summed E-state index contributed by atoms with van der Waals surface area (Å²) in [7, 11) is 1.55. The third-order valence-electron chi connectivity index (χ3n) is 6.92. The lowest BCUT2D eigenvalue weighted by atomic mass is 10.00. The minimum absolute atomic E-state index is 0.227. The molecule has 1 saturated carbocycles. The van der Waals surface area contributed by atoms with Crippen molar-refractivity contribution in [1.82, 2.24) is 10.2 Å². The summed E-state index contributed by atoms with van der Waals surface area (Å²) in [4.78, 5) is 40.5. The number of amides is 3. The predicted molar refractivity (Wildman–Crippen MR) is 143 cm³/mol. The Bertz CT molecular complexity index is 1320. The fourth-order valence-corrected chi connectivity index (χ4v) is 4.50. The van der Waals surface area contributed by atoms with Crippen LogP contribution >= 0.6 is 0 Å². The number of cyclic esters (lactones) is 1. The van der Waals surface area contributed by atoms with Gasteiger partial charge < -0.3 is 20.1 Å². The first kappa shape index (κ1) is 25.3. The molecule has 0 spiro atoms. The van der Waals surface area contributed by atoms with Crippen LogP contribution in [0.3, 0.4) is 0 Å². The van der Waals surface area contributed by atoms with E-state index in [-0.39, 0.29) is 18.4 Å². The van der Waals surface area contributed by atoms with Crippen molar-refractivity contribution in [3.8, 4) is 5.75 Å². The van der Waals surface area contributed by atoms with Crippen LogP contribution in [-0.2, 0) is 16.1 Å². The van der Waals surface area contributed by atoms with Crippen molar-refractivity contribution < 1.29 is 23.9 Å². The Balaban J connectivity index is 1.33. The van der Waals surface area contributed by atoms with Gasteiger partial charge in [-0.1, -0.05) is 48.0 Å². The molecule has 0 unspecified atom stereocenters. The molecule has 1 saturated heterocycles. The molecule has 2 atom stereocenters. The van der Waals surface area contributed by atoms with Gasteiger partial charge in [0.25, 0.3) is 5.91 Å². The molecule has 0 aromatic heterocycles. The van der Waals surface area contributed by atoms with Crippen molar-refractivity contribution in [3.63, 3.8) is 0 Å². The molecule has 0 bridgehead atoms. The highest BCUT2D eigenvalue weighted by Gasteiger charge is 2.47. The van der Waals surface area contributed by atoms with Gasteiger partial charge in [0.15, 0.2) is 12.1 Å². The summed E-state index contributed by atoms with van der Waals surface area (Å²) in [6, 6.07) is 21.0. The Kier molecular flexibility index (Phi) is 7.31. The van der Waals surface area contributed by atoms with Crippen LogP contribution in [0.2, 0.25) is 0 Å². The van der Waals surface area contributed by atoms with Gasteiger partial charge in [0.2, 0.25) is 5.91 Å². The average Bonchev–Trinajstić information content (AvgIpc) is 3.71. The molecular weight excluding hydrogens is 482 g/mol. The fourth-order valence-electron chi connectivity index (χ4n) is 4.50. The Labute approximate surface area is 221 Å². The third-order valence-corrected chi connectivity index (χ3v) is 6.92. The number of nitrogens with one attached hydrogen (secondary N) is 2. The normalized spacial score (nSPS) is 18.6. The van der Waals surface area contributed by atoms with Gasteiger partial charge in [-0.2, -0.15) is 0 Å². The fraction of sp³-hybridized carbons (Fsp3) is 0.300. The molecule has 38 heavy (non-hydrogen) atoms. The maximum atomic E-state index is 13.3. The molecule has 196 valence electrons. The monoisotopic (exact) mass is 513 g/mol. The zero-order valence-electron chi connectivity index (χ0n) is 21.5. The molecule has 8 nitrogen and oxygen atoms in total. The summed E-state index contributed by atoms with van der Waals surface area (Å²) < 4.78 is 10.9. The van der Waals surface area contributed by atoms with E-state index in [2.05, 4.69) is 10.6 Å². The number of methoxy groups -OCH3 is 1. The quantitative estimate of drug-likeness (QED) is 0.427. The standard InChI is InChI=1S/C30H31N3O5/c1-19-6-8-21(9-7-19)18-33-26(29(35)31-17-20-10-11-20)27(38-30(33)36)22-12-14-24(15-13-22)32-28(34)23-4-3-5-25(16-23)37-2/h3-9,12-16,20,26-27H,10-11,17-18H2,1-2H3,(H,31,35)(H,32,34)/t26-,27+/m1/s1. The van der Waals surface area contributed by atoms with Crippen LogP contribution in [0.1, 0.15) is 46.0 Å². The molecule has 1 aliphatic carbocycles. The molecule has 2 fully saturated rings. The van der Waals surface area contributed by atoms with E-state index < -0.39 is 18.2 Å². The first-order valence-corrected chi connectivity index (χ1v) is 12.8. The third kappa shape index (κ3) is 5.80. The van der Waals surface area contributed by atoms with Crippen LogP contribution in [0, 0.1) is 12.8 Å². The Morgan fingerprint density at radius 3 is 2.45 bits per heavy atom. The predicted octanol–water partition coefficient (Wildman–Crippen LogP) is 4.84. The van der Waals surface area contributed by atoms with Crippen LogP contribution in [-0.4, -0.2) is 42.5 Å². The van der Waals surface area contributed by atoms with E-state index in [4.69, 9.17) is 9.47 Å². The summed E-state index contributed by atoms with van der Waals surface area (Å²) >= 11 is 0. The Hall–Kier alpha value is -4.33. The maximum Gasteiger partial charge on any atom is 0.411 e. The number of carbonyl (C=O) groups excluding carboxylic acids is 3. The minimum atomic E-state index is -0.806. The number of anilines is 1. The van der Waals surface area contributed by atoms with Crippen LogP contribution < -0.4 is 15.4 Å². The lowest BCUT2D eigenvalue weighted by Crippen LogP contribution is -2.46. The van der Waals surface area contributed by atoms with Crippen LogP contribution in [0.4, 0.5) is 10.5 Å². The molecule has 2 N–H and O–H groups in total. The first-order valence-electron chi connectivity index (χ1n) is 12.8. The number of nitrogens with zero attached hydrogens (tertiary/aromatic N) is 1. The number of carbonyl (C=O) groups is 3. The number of aryl methyl sites for hydroxylation is 1. The van der Waals surface area contributed by atoms with E-state index in [0.29, 0.717) is 35.0 Å². The highest BCUT2D eigenvalue weighted by atomic mass is 16.6. The molecule has 2 aliphatic rings. The number of hydrogen-bond acceptors (Lipinski definition) is 5. The van der Waals surface area contributed by atoms with E-state index >= 15 is 0 Å². The topological polar surface area (TPSA) is 97.0 Å². The van der Waals surface area contributed by atoms with Gasteiger partial charge in [-0.05, 0) is 67.1 Å². The zero-order chi connectivity index (χ0) is 26.6. The average molecular weight is 514 g/mol. The molecule has 5 rings (SSSR count). The highest BCUT2D eigenvalue weighted by Crippen LogP contribution is 2.35. The first-order chi connectivity index (χ1) is 18.4. The largest absolute Gasteiger partial charge is 0.497 e. The van der Waals surface area contributed by atoms with Crippen molar-refractivity contribution in [2.24, 2.45) is 5.92 Å². The minimum Gasteiger partial charge on any atom is -0.497 e. The smallest absolute Gasteiger partial charge is 0.411 e. The van der Waals surface area contributed by atoms with E-state index in [0.717, 1.165) is 24.0 Å². The molecule has 8 heteroatoms. The zero-order valence-corrected chi connectivity index (χ0v) is 21.5. The van der Waals surface area contributed by atoms with E-state index in [9.17, 15) is 14.4 Å². The Morgan fingerprint density at radius 1 is 1.03 bits per heavy atom. The van der Waals surface area contributed by atoms with Gasteiger partial charge in [-0.25, -0.2) is 4.79 Å². The van der Waals surface area contributed by atoms with Gasteiger partial charge in [-0.3, -0.25) is 14.5 Å². The van der Waals surface area contributed by atoms with Gasteiger partial charge in [0.1, 0.15) is 5.75 Å². The summed E-state index contributed by atoms with van der Waals surface area (Å²) in [6.45, 7) is 2.87. The van der Waals surface area contributed by atoms with E-state index in [1.165, 1.54) is 4.90 Å². The lowest BCUT2D eigenvalue weighted by Gasteiger charge is -2.24. The van der Waals surface area contributed by atoms with Crippen molar-refractivity contribution in [2.75, 3.05) is 19.0 Å². The van der Waals surface area contributed by atoms with Crippen LogP contribution in [0.5, 0.6) is 5.75 Å². The van der Waals surface area contributed by atoms with E-state index in [1.54, 1.807) is 55.6 Å². The lowest BCUT2D eigenvalue weighted by molar-refractivity contribution is -0.126. The Morgan fingerprint density at radius 2 is 1.76 bits per heavy atom. The van der Waals surface area contributed by atoms with Crippen molar-refractivity contribution >= 4 is 23.6 Å². The molecule has 3 aromatic rings. The molecular formula is C30H31N3O5. The van der Waals surface area contributed by atoms with Crippen molar-refractivity contribution in [1.29, 1.82) is 0 Å². The maximum absolute atomic E-state index is 13.3. The van der Waals surface area contributed by atoms with Gasteiger partial charge in [-0.15, -0.1) is 0 Å². The molecule has 1 aliphatic heterocycles. The number of hydrogen-bond donors (Lipinski definition) is 2. The van der Waals surface area contributed by atoms with Crippen molar-refractivity contribution in [3.05, 3.63) is 95.1 Å². The molecule has 0 radical (unpaired) electrons. The van der Waals surface area contributed by atoms with Crippen LogP contribution in [0.15, 0.2) is 72.8 Å². The van der Waals surface area contributed by atoms with Crippen LogP contribution in [0.25, 0.3) is 0 Å². The molecule has 1 heterocycles. The highest BCUT2D eigenvalue weighted by molar-refractivity contribution is 6.04. The number of rotatable bonds is 9. The summed E-state index contributed by atoms with van der Waals surface area (Å²) in [5, 5.41) is 5.88. The SMILES string of the molecule is COc1cccc(C(=O)Nc2ccc([C@@H]3OC(=O)N(Cc4ccc(C)cc4)[C@H]3C(=O)NCC3CC3)cc2)c1. The second-order valence-electron chi connectivity index (χ2n) is 9.86. The van der Waals surface area contributed by atoms with Gasteiger partial charge in [0.05, 0.1) is 13.7 Å². The second kappa shape index (κ2) is 11.0. The number of benzene rings is 3.